The smallest absolute Gasteiger partial charge is 0.321 e. The average molecular weight is 369 g/mol. The van der Waals surface area contributed by atoms with E-state index in [1.165, 1.54) is 0 Å². The van der Waals surface area contributed by atoms with E-state index in [4.69, 9.17) is 4.74 Å². The van der Waals surface area contributed by atoms with E-state index in [9.17, 15) is 4.79 Å². The van der Waals surface area contributed by atoms with Gasteiger partial charge < -0.3 is 15.0 Å². The fourth-order valence-electron chi connectivity index (χ4n) is 3.68. The molecule has 26 heavy (non-hydrogen) atoms. The Bertz CT molecular complexity index is 763. The fourth-order valence-corrected chi connectivity index (χ4v) is 4.54. The summed E-state index contributed by atoms with van der Waals surface area (Å²) in [5.41, 5.74) is 1.02. The maximum absolute atomic E-state index is 12.8. The summed E-state index contributed by atoms with van der Waals surface area (Å²) in [7, 11) is 0. The molecule has 5 nitrogen and oxygen atoms in total. The van der Waals surface area contributed by atoms with Crippen LogP contribution in [0, 0.1) is 5.41 Å². The molecular weight excluding hydrogens is 346 g/mol. The van der Waals surface area contributed by atoms with Crippen LogP contribution in [0.5, 0.6) is 0 Å². The molecule has 0 saturated carbocycles. The minimum absolute atomic E-state index is 0.0312. The number of nitrogens with zero attached hydrogens (tertiary/aromatic N) is 2. The van der Waals surface area contributed by atoms with Crippen molar-refractivity contribution in [2.45, 2.75) is 29.2 Å². The van der Waals surface area contributed by atoms with Crippen molar-refractivity contribution in [2.75, 3.05) is 31.6 Å². The van der Waals surface area contributed by atoms with Gasteiger partial charge in [0.1, 0.15) is 5.03 Å². The quantitative estimate of drug-likeness (QED) is 0.878. The topological polar surface area (TPSA) is 54.5 Å². The van der Waals surface area contributed by atoms with Crippen molar-refractivity contribution >= 4 is 23.5 Å². The molecule has 2 aromatic rings. The average Bonchev–Trinajstić information content (AvgIpc) is 3.08. The van der Waals surface area contributed by atoms with Crippen LogP contribution in [0.15, 0.2) is 58.6 Å². The normalized spacial score (nSPS) is 18.8. The summed E-state index contributed by atoms with van der Waals surface area (Å²) in [6.45, 7) is 3.27. The van der Waals surface area contributed by atoms with E-state index in [-0.39, 0.29) is 11.4 Å². The second-order valence-electron chi connectivity index (χ2n) is 6.99. The van der Waals surface area contributed by atoms with Gasteiger partial charge in [0, 0.05) is 37.4 Å². The molecule has 0 aliphatic carbocycles. The van der Waals surface area contributed by atoms with Gasteiger partial charge in [-0.1, -0.05) is 30.0 Å². The standard InChI is InChI=1S/C20H23N3O2S/c24-19(23-12-8-20(15-23)9-13-25-14-10-20)22-17-7-4-11-21-18(17)26-16-5-2-1-3-6-16/h1-7,11H,8-10,12-15H2,(H,22,24). The molecule has 136 valence electrons. The minimum atomic E-state index is -0.0312. The van der Waals surface area contributed by atoms with E-state index in [0.717, 1.165) is 61.2 Å². The number of likely N-dealkylation sites (tertiary alicyclic amines) is 1. The fraction of sp³-hybridized carbons (Fsp3) is 0.400. The second-order valence-corrected chi connectivity index (χ2v) is 8.05. The summed E-state index contributed by atoms with van der Waals surface area (Å²) in [6.07, 6.45) is 4.94. The highest BCUT2D eigenvalue weighted by Crippen LogP contribution is 2.40. The highest BCUT2D eigenvalue weighted by molar-refractivity contribution is 7.99. The van der Waals surface area contributed by atoms with Crippen molar-refractivity contribution in [1.82, 2.24) is 9.88 Å². The van der Waals surface area contributed by atoms with Gasteiger partial charge >= 0.3 is 6.03 Å². The number of carbonyl (C=O) groups excluding carboxylic acids is 1. The number of amides is 2. The van der Waals surface area contributed by atoms with E-state index in [2.05, 4.69) is 10.3 Å². The van der Waals surface area contributed by atoms with Gasteiger partial charge in [0.05, 0.1) is 5.69 Å². The molecular formula is C20H23N3O2S. The van der Waals surface area contributed by atoms with Gasteiger partial charge in [-0.2, -0.15) is 0 Å². The molecule has 2 aliphatic rings. The van der Waals surface area contributed by atoms with Crippen molar-refractivity contribution in [3.8, 4) is 0 Å². The van der Waals surface area contributed by atoms with E-state index in [1.807, 2.05) is 47.4 Å². The first kappa shape index (κ1) is 17.4. The summed E-state index contributed by atoms with van der Waals surface area (Å²) in [6, 6.07) is 13.8. The molecule has 0 unspecified atom stereocenters. The second kappa shape index (κ2) is 7.68. The van der Waals surface area contributed by atoms with Crippen LogP contribution in [0.1, 0.15) is 19.3 Å². The Kier molecular flexibility index (Phi) is 5.13. The molecule has 0 atom stereocenters. The van der Waals surface area contributed by atoms with E-state index in [0.29, 0.717) is 0 Å². The van der Waals surface area contributed by atoms with Crippen LogP contribution in [0.3, 0.4) is 0 Å². The summed E-state index contributed by atoms with van der Waals surface area (Å²) < 4.78 is 5.49. The van der Waals surface area contributed by atoms with Crippen LogP contribution >= 0.6 is 11.8 Å². The molecule has 0 radical (unpaired) electrons. The Labute approximate surface area is 158 Å². The van der Waals surface area contributed by atoms with Gasteiger partial charge in [-0.15, -0.1) is 0 Å². The first-order chi connectivity index (χ1) is 12.7. The van der Waals surface area contributed by atoms with Crippen LogP contribution in [-0.2, 0) is 4.74 Å². The van der Waals surface area contributed by atoms with Crippen molar-refractivity contribution in [3.63, 3.8) is 0 Å². The lowest BCUT2D eigenvalue weighted by atomic mass is 9.80. The van der Waals surface area contributed by atoms with E-state index < -0.39 is 0 Å². The Hall–Kier alpha value is -2.05. The lowest BCUT2D eigenvalue weighted by Gasteiger charge is -2.33. The van der Waals surface area contributed by atoms with E-state index in [1.54, 1.807) is 18.0 Å². The number of anilines is 1. The van der Waals surface area contributed by atoms with E-state index >= 15 is 0 Å². The van der Waals surface area contributed by atoms with Gasteiger partial charge in [0.15, 0.2) is 0 Å². The third kappa shape index (κ3) is 3.86. The van der Waals surface area contributed by atoms with Gasteiger partial charge in [-0.05, 0) is 48.9 Å². The van der Waals surface area contributed by atoms with Crippen LogP contribution in [-0.4, -0.2) is 42.2 Å². The number of pyridine rings is 1. The molecule has 4 rings (SSSR count). The molecule has 2 amide bonds. The number of nitrogens with one attached hydrogen (secondary N) is 1. The third-order valence-electron chi connectivity index (χ3n) is 5.25. The highest BCUT2D eigenvalue weighted by atomic mass is 32.2. The number of carbonyl (C=O) groups is 1. The molecule has 1 spiro atoms. The largest absolute Gasteiger partial charge is 0.381 e. The van der Waals surface area contributed by atoms with Gasteiger partial charge in [-0.25, -0.2) is 9.78 Å². The molecule has 1 N–H and O–H groups in total. The van der Waals surface area contributed by atoms with Crippen LogP contribution in [0.25, 0.3) is 0 Å². The van der Waals surface area contributed by atoms with Crippen molar-refractivity contribution in [3.05, 3.63) is 48.7 Å². The third-order valence-corrected chi connectivity index (χ3v) is 6.28. The Morgan fingerprint density at radius 1 is 1.12 bits per heavy atom. The zero-order valence-electron chi connectivity index (χ0n) is 14.7. The molecule has 1 aromatic carbocycles. The van der Waals surface area contributed by atoms with Crippen LogP contribution < -0.4 is 5.32 Å². The summed E-state index contributed by atoms with van der Waals surface area (Å²) >= 11 is 1.56. The monoisotopic (exact) mass is 369 g/mol. The lowest BCUT2D eigenvalue weighted by molar-refractivity contribution is 0.0211. The number of benzene rings is 1. The molecule has 6 heteroatoms. The van der Waals surface area contributed by atoms with Crippen LogP contribution in [0.2, 0.25) is 0 Å². The van der Waals surface area contributed by atoms with Crippen LogP contribution in [0.4, 0.5) is 10.5 Å². The molecule has 2 aliphatic heterocycles. The first-order valence-electron chi connectivity index (χ1n) is 9.06. The van der Waals surface area contributed by atoms with Crippen molar-refractivity contribution < 1.29 is 9.53 Å². The molecule has 0 bridgehead atoms. The maximum Gasteiger partial charge on any atom is 0.321 e. The Morgan fingerprint density at radius 3 is 2.73 bits per heavy atom. The number of aromatic nitrogens is 1. The summed E-state index contributed by atoms with van der Waals surface area (Å²) in [4.78, 5) is 20.3. The maximum atomic E-state index is 12.8. The predicted molar refractivity (Wildman–Crippen MR) is 102 cm³/mol. The predicted octanol–water partition coefficient (Wildman–Crippen LogP) is 4.27. The molecule has 2 saturated heterocycles. The lowest BCUT2D eigenvalue weighted by Crippen LogP contribution is -2.37. The number of hydrogen-bond acceptors (Lipinski definition) is 4. The van der Waals surface area contributed by atoms with Gasteiger partial charge in [0.25, 0.3) is 0 Å². The highest BCUT2D eigenvalue weighted by Gasteiger charge is 2.41. The minimum Gasteiger partial charge on any atom is -0.381 e. The number of urea groups is 1. The number of ether oxygens (including phenoxy) is 1. The van der Waals surface area contributed by atoms with Crippen molar-refractivity contribution in [1.29, 1.82) is 0 Å². The molecule has 1 aromatic heterocycles. The zero-order chi connectivity index (χ0) is 17.8. The Balaban J connectivity index is 1.43. The summed E-state index contributed by atoms with van der Waals surface area (Å²) in [5.74, 6) is 0. The first-order valence-corrected chi connectivity index (χ1v) is 9.87. The van der Waals surface area contributed by atoms with Gasteiger partial charge in [0.2, 0.25) is 0 Å². The van der Waals surface area contributed by atoms with Gasteiger partial charge in [-0.3, -0.25) is 0 Å². The SMILES string of the molecule is O=C(Nc1cccnc1Sc1ccccc1)N1CCC2(CCOCC2)C1. The zero-order valence-corrected chi connectivity index (χ0v) is 15.5. The van der Waals surface area contributed by atoms with Crippen molar-refractivity contribution in [2.24, 2.45) is 5.41 Å². The number of rotatable bonds is 3. The molecule has 3 heterocycles. The molecule has 2 fully saturated rings. The summed E-state index contributed by atoms with van der Waals surface area (Å²) in [5, 5.41) is 3.88. The number of hydrogen-bond donors (Lipinski definition) is 1. The Morgan fingerprint density at radius 2 is 1.92 bits per heavy atom.